The number of ether oxygens (including phenoxy) is 1. The van der Waals surface area contributed by atoms with E-state index in [1.807, 2.05) is 30.3 Å². The van der Waals surface area contributed by atoms with E-state index in [0.29, 0.717) is 6.42 Å². The van der Waals surface area contributed by atoms with Crippen molar-refractivity contribution in [2.75, 3.05) is 18.5 Å². The Morgan fingerprint density at radius 1 is 1.19 bits per heavy atom. The van der Waals surface area contributed by atoms with Crippen LogP contribution in [0.4, 0.5) is 23.7 Å². The van der Waals surface area contributed by atoms with E-state index >= 15 is 0 Å². The summed E-state index contributed by atoms with van der Waals surface area (Å²) < 4.78 is 44.1. The molecule has 0 saturated carbocycles. The smallest absolute Gasteiger partial charge is 0.416 e. The Balaban J connectivity index is 2.10. The van der Waals surface area contributed by atoms with Gasteiger partial charge in [0, 0.05) is 0 Å². The molecule has 0 radical (unpaired) electrons. The molecule has 0 bridgehead atoms. The van der Waals surface area contributed by atoms with Crippen LogP contribution in [0.3, 0.4) is 0 Å². The van der Waals surface area contributed by atoms with Crippen LogP contribution in [0.15, 0.2) is 48.5 Å². The minimum Gasteiger partial charge on any atom is -0.492 e. The van der Waals surface area contributed by atoms with E-state index in [2.05, 4.69) is 10.6 Å². The summed E-state index contributed by atoms with van der Waals surface area (Å²) in [6, 6.07) is 10.8. The number of benzene rings is 2. The molecule has 5 nitrogen and oxygen atoms in total. The van der Waals surface area contributed by atoms with Crippen LogP contribution in [0.1, 0.15) is 18.1 Å². The number of nitrogens with one attached hydrogen (secondary N) is 2. The molecule has 27 heavy (non-hydrogen) atoms. The summed E-state index contributed by atoms with van der Waals surface area (Å²) >= 11 is 0. The van der Waals surface area contributed by atoms with E-state index in [9.17, 15) is 23.1 Å². The minimum absolute atomic E-state index is 0.0967. The second-order valence-corrected chi connectivity index (χ2v) is 5.81. The lowest BCUT2D eigenvalue weighted by Crippen LogP contribution is -2.41. The number of carbonyl (C=O) groups is 1. The summed E-state index contributed by atoms with van der Waals surface area (Å²) in [6.07, 6.45) is -4.16. The van der Waals surface area contributed by atoms with E-state index < -0.39 is 23.8 Å². The van der Waals surface area contributed by atoms with E-state index in [-0.39, 0.29) is 24.7 Å². The van der Waals surface area contributed by atoms with Crippen molar-refractivity contribution in [3.63, 3.8) is 0 Å². The first-order valence-corrected chi connectivity index (χ1v) is 8.39. The molecule has 0 fully saturated rings. The van der Waals surface area contributed by atoms with Crippen molar-refractivity contribution in [2.45, 2.75) is 25.6 Å². The van der Waals surface area contributed by atoms with Gasteiger partial charge in [-0.1, -0.05) is 30.3 Å². The highest BCUT2D eigenvalue weighted by Gasteiger charge is 2.31. The van der Waals surface area contributed by atoms with Gasteiger partial charge >= 0.3 is 12.2 Å². The maximum Gasteiger partial charge on any atom is 0.416 e. The van der Waals surface area contributed by atoms with Gasteiger partial charge in [0.2, 0.25) is 0 Å². The van der Waals surface area contributed by atoms with Crippen molar-refractivity contribution in [1.82, 2.24) is 5.32 Å². The van der Waals surface area contributed by atoms with E-state index in [1.165, 1.54) is 0 Å². The van der Waals surface area contributed by atoms with Gasteiger partial charge in [-0.3, -0.25) is 0 Å². The fraction of sp³-hybridized carbons (Fsp3) is 0.316. The second kappa shape index (κ2) is 9.27. The third kappa shape index (κ3) is 6.18. The van der Waals surface area contributed by atoms with Crippen LogP contribution >= 0.6 is 0 Å². The van der Waals surface area contributed by atoms with Gasteiger partial charge in [0.05, 0.1) is 30.5 Å². The Bertz CT molecular complexity index is 752. The highest BCUT2D eigenvalue weighted by molar-refractivity contribution is 5.91. The fourth-order valence-corrected chi connectivity index (χ4v) is 2.49. The Morgan fingerprint density at radius 3 is 2.48 bits per heavy atom. The fourth-order valence-electron chi connectivity index (χ4n) is 2.49. The van der Waals surface area contributed by atoms with Gasteiger partial charge in [-0.2, -0.15) is 13.2 Å². The Hall–Kier alpha value is -2.74. The molecule has 2 aromatic rings. The molecule has 146 valence electrons. The molecule has 1 atom stereocenters. The van der Waals surface area contributed by atoms with Crippen molar-refractivity contribution < 1.29 is 27.8 Å². The summed E-state index contributed by atoms with van der Waals surface area (Å²) in [5, 5.41) is 14.4. The number of alkyl halides is 3. The largest absolute Gasteiger partial charge is 0.492 e. The number of carbonyl (C=O) groups excluding carboxylic acids is 1. The normalized spacial score (nSPS) is 12.3. The monoisotopic (exact) mass is 382 g/mol. The van der Waals surface area contributed by atoms with Crippen LogP contribution in [0, 0.1) is 0 Å². The van der Waals surface area contributed by atoms with E-state index in [4.69, 9.17) is 4.74 Å². The zero-order chi connectivity index (χ0) is 19.9. The molecular formula is C19H21F3N2O3. The van der Waals surface area contributed by atoms with Gasteiger partial charge in [-0.15, -0.1) is 0 Å². The molecule has 0 aromatic heterocycles. The second-order valence-electron chi connectivity index (χ2n) is 5.81. The van der Waals surface area contributed by atoms with Crippen LogP contribution in [0.25, 0.3) is 0 Å². The highest BCUT2D eigenvalue weighted by atomic mass is 19.4. The summed E-state index contributed by atoms with van der Waals surface area (Å²) in [5.74, 6) is 0.129. The SMILES string of the molecule is CCOc1ccc(C(F)(F)F)cc1NC(=O)NC(CO)Cc1ccccc1. The van der Waals surface area contributed by atoms with Crippen LogP contribution < -0.4 is 15.4 Å². The van der Waals surface area contributed by atoms with Gasteiger partial charge in [-0.05, 0) is 37.1 Å². The minimum atomic E-state index is -4.54. The number of aliphatic hydroxyl groups excluding tert-OH is 1. The highest BCUT2D eigenvalue weighted by Crippen LogP contribution is 2.35. The number of urea groups is 1. The summed E-state index contributed by atoms with van der Waals surface area (Å²) in [5.41, 5.74) is -0.0873. The van der Waals surface area contributed by atoms with Gasteiger partial charge in [0.15, 0.2) is 0 Å². The summed E-state index contributed by atoms with van der Waals surface area (Å²) in [7, 11) is 0. The van der Waals surface area contributed by atoms with Crippen LogP contribution in [0.2, 0.25) is 0 Å². The van der Waals surface area contributed by atoms with Crippen LogP contribution in [-0.2, 0) is 12.6 Å². The number of amides is 2. The molecule has 2 rings (SSSR count). The van der Waals surface area contributed by atoms with Crippen LogP contribution in [-0.4, -0.2) is 30.4 Å². The molecule has 8 heteroatoms. The molecule has 2 aromatic carbocycles. The third-order valence-corrected chi connectivity index (χ3v) is 3.74. The first-order valence-electron chi connectivity index (χ1n) is 8.39. The lowest BCUT2D eigenvalue weighted by molar-refractivity contribution is -0.137. The van der Waals surface area contributed by atoms with Gasteiger partial charge < -0.3 is 20.5 Å². The Kier molecular flexibility index (Phi) is 7.06. The van der Waals surface area contributed by atoms with E-state index in [1.54, 1.807) is 6.92 Å². The molecule has 0 aliphatic heterocycles. The Morgan fingerprint density at radius 2 is 1.89 bits per heavy atom. The number of aliphatic hydroxyl groups is 1. The zero-order valence-corrected chi connectivity index (χ0v) is 14.7. The average Bonchev–Trinajstić information content (AvgIpc) is 2.62. The number of hydrogen-bond donors (Lipinski definition) is 3. The van der Waals surface area contributed by atoms with Crippen molar-refractivity contribution >= 4 is 11.7 Å². The summed E-state index contributed by atoms with van der Waals surface area (Å²) in [6.45, 7) is 1.60. The van der Waals surface area contributed by atoms with Crippen molar-refractivity contribution in [1.29, 1.82) is 0 Å². The van der Waals surface area contributed by atoms with E-state index in [0.717, 1.165) is 23.8 Å². The molecule has 0 aliphatic carbocycles. The number of halogens is 3. The lowest BCUT2D eigenvalue weighted by atomic mass is 10.1. The van der Waals surface area contributed by atoms with Gasteiger partial charge in [-0.25, -0.2) is 4.79 Å². The Labute approximate surface area is 155 Å². The number of rotatable bonds is 7. The van der Waals surface area contributed by atoms with Crippen molar-refractivity contribution in [2.24, 2.45) is 0 Å². The lowest BCUT2D eigenvalue weighted by Gasteiger charge is -2.19. The van der Waals surface area contributed by atoms with Crippen LogP contribution in [0.5, 0.6) is 5.75 Å². The zero-order valence-electron chi connectivity index (χ0n) is 14.7. The number of anilines is 1. The molecule has 0 heterocycles. The average molecular weight is 382 g/mol. The molecule has 0 spiro atoms. The predicted octanol–water partition coefficient (Wildman–Crippen LogP) is 3.83. The third-order valence-electron chi connectivity index (χ3n) is 3.74. The maximum absolute atomic E-state index is 12.9. The molecule has 1 unspecified atom stereocenters. The van der Waals surface area contributed by atoms with Gasteiger partial charge in [0.1, 0.15) is 5.75 Å². The van der Waals surface area contributed by atoms with Gasteiger partial charge in [0.25, 0.3) is 0 Å². The molecular weight excluding hydrogens is 361 g/mol. The first-order chi connectivity index (χ1) is 12.8. The van der Waals surface area contributed by atoms with Crippen molar-refractivity contribution in [3.8, 4) is 5.75 Å². The topological polar surface area (TPSA) is 70.6 Å². The molecule has 2 amide bonds. The first kappa shape index (κ1) is 20.6. The maximum atomic E-state index is 12.9. The predicted molar refractivity (Wildman–Crippen MR) is 95.8 cm³/mol. The molecule has 0 saturated heterocycles. The van der Waals surface area contributed by atoms with Crippen molar-refractivity contribution in [3.05, 3.63) is 59.7 Å². The molecule has 3 N–H and O–H groups in total. The molecule has 0 aliphatic rings. The quantitative estimate of drug-likeness (QED) is 0.682. The summed E-state index contributed by atoms with van der Waals surface area (Å²) in [4.78, 5) is 12.2. The standard InChI is InChI=1S/C19H21F3N2O3/c1-2-27-17-9-8-14(19(20,21)22)11-16(17)24-18(26)23-15(12-25)10-13-6-4-3-5-7-13/h3-9,11,15,25H,2,10,12H2,1H3,(H2,23,24,26). The number of hydrogen-bond acceptors (Lipinski definition) is 3.